The summed E-state index contributed by atoms with van der Waals surface area (Å²) in [4.78, 5) is 15.8. The minimum absolute atomic E-state index is 0. The molecule has 4 heteroatoms. The predicted molar refractivity (Wildman–Crippen MR) is 137 cm³/mol. The molecule has 1 aliphatic heterocycles. The van der Waals surface area contributed by atoms with Gasteiger partial charge in [-0.3, -0.25) is 9.28 Å². The van der Waals surface area contributed by atoms with Crippen molar-refractivity contribution in [3.63, 3.8) is 0 Å². The van der Waals surface area contributed by atoms with E-state index in [0.29, 0.717) is 16.6 Å². The molecule has 5 rings (SSSR count). The monoisotopic (exact) mass is 468 g/mol. The molecular formula is C30H29ClN2O. The lowest BCUT2D eigenvalue weighted by Crippen LogP contribution is -3.00. The summed E-state index contributed by atoms with van der Waals surface area (Å²) in [5.41, 5.74) is 7.67. The Morgan fingerprint density at radius 3 is 2.00 bits per heavy atom. The van der Waals surface area contributed by atoms with Crippen LogP contribution in [0.2, 0.25) is 0 Å². The van der Waals surface area contributed by atoms with E-state index in [1.165, 1.54) is 16.7 Å². The fourth-order valence-corrected chi connectivity index (χ4v) is 4.75. The van der Waals surface area contributed by atoms with E-state index in [2.05, 4.69) is 100 Å². The van der Waals surface area contributed by atoms with Gasteiger partial charge in [-0.25, -0.2) is 0 Å². The molecule has 0 bridgehead atoms. The molecule has 0 fully saturated rings. The van der Waals surface area contributed by atoms with Gasteiger partial charge in [0.15, 0.2) is 0 Å². The largest absolute Gasteiger partial charge is 1.00 e. The summed E-state index contributed by atoms with van der Waals surface area (Å²) in [7, 11) is 6.38. The van der Waals surface area contributed by atoms with Crippen LogP contribution in [0.4, 0.5) is 11.4 Å². The predicted octanol–water partition coefficient (Wildman–Crippen LogP) is 3.23. The van der Waals surface area contributed by atoms with Gasteiger partial charge in [0.25, 0.3) is 5.91 Å². The number of nitrogens with zero attached hydrogens (tertiary/aromatic N) is 2. The van der Waals surface area contributed by atoms with E-state index in [-0.39, 0.29) is 24.2 Å². The quantitative estimate of drug-likeness (QED) is 0.423. The molecule has 1 aliphatic rings. The van der Waals surface area contributed by atoms with Crippen molar-refractivity contribution < 1.29 is 17.2 Å². The Kier molecular flexibility index (Phi) is 6.60. The molecule has 0 saturated carbocycles. The zero-order valence-electron chi connectivity index (χ0n) is 19.8. The van der Waals surface area contributed by atoms with Gasteiger partial charge in [-0.05, 0) is 52.6 Å². The van der Waals surface area contributed by atoms with Crippen molar-refractivity contribution in [3.8, 4) is 0 Å². The Morgan fingerprint density at radius 1 is 0.735 bits per heavy atom. The van der Waals surface area contributed by atoms with Crippen LogP contribution in [0.25, 0.3) is 0 Å². The summed E-state index contributed by atoms with van der Waals surface area (Å²) in [6.07, 6.45) is 0. The van der Waals surface area contributed by atoms with E-state index in [9.17, 15) is 4.79 Å². The number of quaternary nitrogens is 1. The van der Waals surface area contributed by atoms with E-state index in [0.717, 1.165) is 16.9 Å². The average molecular weight is 469 g/mol. The molecule has 1 unspecified atom stereocenters. The van der Waals surface area contributed by atoms with E-state index in [4.69, 9.17) is 0 Å². The number of hydrogen-bond donors (Lipinski definition) is 0. The number of halogens is 1. The van der Waals surface area contributed by atoms with Crippen molar-refractivity contribution in [1.82, 2.24) is 4.48 Å². The zero-order valence-corrected chi connectivity index (χ0v) is 20.5. The first-order valence-corrected chi connectivity index (χ1v) is 11.4. The van der Waals surface area contributed by atoms with Crippen LogP contribution in [-0.4, -0.2) is 27.1 Å². The normalized spacial score (nSPS) is 14.9. The standard InChI is InChI=1S/C30H29N2O.ClH/c1-32(2,3)25-19-17-23(18-20-25)30(33)31-21-24-13-7-8-14-26(24)29(22-11-5-4-6-12-22)27-15-9-10-16-28(27)31;/h4-20,29H,21H2,1-3H3;1H/q+1;/p-1. The first kappa shape index (κ1) is 23.7. The molecule has 4 aromatic rings. The fourth-order valence-electron chi connectivity index (χ4n) is 4.75. The van der Waals surface area contributed by atoms with E-state index >= 15 is 0 Å². The number of carbonyl (C=O) groups excluding carboxylic acids is 1. The average Bonchev–Trinajstić information content (AvgIpc) is 2.98. The molecule has 34 heavy (non-hydrogen) atoms. The number of hydrogen-bond acceptors (Lipinski definition) is 1. The minimum atomic E-state index is 0. The first-order valence-electron chi connectivity index (χ1n) is 11.4. The van der Waals surface area contributed by atoms with E-state index in [1.54, 1.807) is 0 Å². The third kappa shape index (κ3) is 4.37. The Balaban J connectivity index is 0.00000274. The summed E-state index contributed by atoms with van der Waals surface area (Å²) < 4.78 is 0.715. The Hall–Kier alpha value is -3.40. The number of para-hydroxylation sites is 1. The summed E-state index contributed by atoms with van der Waals surface area (Å²) in [5.74, 6) is 0.107. The van der Waals surface area contributed by atoms with Crippen LogP contribution in [0.3, 0.4) is 0 Å². The second-order valence-corrected chi connectivity index (χ2v) is 9.55. The van der Waals surface area contributed by atoms with Crippen molar-refractivity contribution in [3.05, 3.63) is 131 Å². The molecule has 0 spiro atoms. The highest BCUT2D eigenvalue weighted by molar-refractivity contribution is 6.07. The molecule has 1 atom stereocenters. The Bertz CT molecular complexity index is 1290. The van der Waals surface area contributed by atoms with Gasteiger partial charge < -0.3 is 17.3 Å². The zero-order chi connectivity index (χ0) is 23.0. The van der Waals surface area contributed by atoms with Crippen LogP contribution in [0.5, 0.6) is 0 Å². The number of fused-ring (bicyclic) bond motifs is 2. The molecular weight excluding hydrogens is 440 g/mol. The number of anilines is 1. The minimum Gasteiger partial charge on any atom is -1.00 e. The molecule has 0 aromatic heterocycles. The van der Waals surface area contributed by atoms with Crippen LogP contribution in [0, 0.1) is 0 Å². The second-order valence-electron chi connectivity index (χ2n) is 9.55. The molecule has 4 aromatic carbocycles. The summed E-state index contributed by atoms with van der Waals surface area (Å²) in [6, 6.07) is 35.4. The third-order valence-corrected chi connectivity index (χ3v) is 6.50. The highest BCUT2D eigenvalue weighted by Gasteiger charge is 2.31. The summed E-state index contributed by atoms with van der Waals surface area (Å²) in [6.45, 7) is 0.548. The maximum Gasteiger partial charge on any atom is 0.258 e. The van der Waals surface area contributed by atoms with Crippen LogP contribution in [0.15, 0.2) is 103 Å². The van der Waals surface area contributed by atoms with Crippen molar-refractivity contribution in [2.45, 2.75) is 12.5 Å². The van der Waals surface area contributed by atoms with Gasteiger partial charge in [-0.2, -0.15) is 0 Å². The number of amides is 1. The van der Waals surface area contributed by atoms with Crippen molar-refractivity contribution in [2.24, 2.45) is 0 Å². The lowest BCUT2D eigenvalue weighted by molar-refractivity contribution is -0.0000142. The Labute approximate surface area is 208 Å². The molecule has 3 nitrogen and oxygen atoms in total. The summed E-state index contributed by atoms with van der Waals surface area (Å²) >= 11 is 0. The van der Waals surface area contributed by atoms with Crippen molar-refractivity contribution in [1.29, 1.82) is 0 Å². The van der Waals surface area contributed by atoms with Gasteiger partial charge in [0.1, 0.15) is 5.69 Å². The number of carbonyl (C=O) groups is 1. The van der Waals surface area contributed by atoms with Crippen LogP contribution >= 0.6 is 0 Å². The van der Waals surface area contributed by atoms with Crippen LogP contribution in [0.1, 0.15) is 38.5 Å². The highest BCUT2D eigenvalue weighted by atomic mass is 35.5. The van der Waals surface area contributed by atoms with Gasteiger partial charge in [0.2, 0.25) is 0 Å². The summed E-state index contributed by atoms with van der Waals surface area (Å²) in [5, 5.41) is 0. The van der Waals surface area contributed by atoms with Gasteiger partial charge in [0.05, 0.1) is 27.7 Å². The van der Waals surface area contributed by atoms with Crippen LogP contribution in [-0.2, 0) is 6.54 Å². The van der Waals surface area contributed by atoms with Gasteiger partial charge >= 0.3 is 0 Å². The van der Waals surface area contributed by atoms with E-state index in [1.807, 2.05) is 29.2 Å². The van der Waals surface area contributed by atoms with Crippen molar-refractivity contribution in [2.75, 3.05) is 26.0 Å². The molecule has 1 amide bonds. The molecule has 0 saturated heterocycles. The first-order chi connectivity index (χ1) is 15.9. The lowest BCUT2D eigenvalue weighted by atomic mass is 9.83. The molecule has 172 valence electrons. The highest BCUT2D eigenvalue weighted by Crippen LogP contribution is 2.42. The molecule has 1 heterocycles. The van der Waals surface area contributed by atoms with Gasteiger partial charge in [-0.15, -0.1) is 0 Å². The maximum absolute atomic E-state index is 13.9. The molecule has 0 N–H and O–H groups in total. The Morgan fingerprint density at radius 2 is 1.32 bits per heavy atom. The number of rotatable bonds is 3. The van der Waals surface area contributed by atoms with Crippen LogP contribution < -0.4 is 21.8 Å². The SMILES string of the molecule is C[N+](C)(C)c1ccc(C(=O)N2Cc3ccccc3C(c3ccccc3)c3ccccc32)cc1.[Cl-]. The fraction of sp³-hybridized carbons (Fsp3) is 0.167. The molecule has 0 aliphatic carbocycles. The molecule has 0 radical (unpaired) electrons. The van der Waals surface area contributed by atoms with Gasteiger partial charge in [0, 0.05) is 17.2 Å². The van der Waals surface area contributed by atoms with Gasteiger partial charge in [-0.1, -0.05) is 72.8 Å². The number of benzene rings is 4. The van der Waals surface area contributed by atoms with Crippen molar-refractivity contribution >= 4 is 17.3 Å². The lowest BCUT2D eigenvalue weighted by Gasteiger charge is -2.26. The topological polar surface area (TPSA) is 20.3 Å². The maximum atomic E-state index is 13.9. The third-order valence-electron chi connectivity index (χ3n) is 6.50. The smallest absolute Gasteiger partial charge is 0.258 e. The second kappa shape index (κ2) is 9.46. The van der Waals surface area contributed by atoms with E-state index < -0.39 is 0 Å².